The van der Waals surface area contributed by atoms with Crippen molar-refractivity contribution in [2.45, 2.75) is 40.5 Å². The lowest BCUT2D eigenvalue weighted by Crippen LogP contribution is -2.41. The minimum atomic E-state index is -0.102. The molecule has 7 nitrogen and oxygen atoms in total. The van der Waals surface area contributed by atoms with E-state index < -0.39 is 0 Å². The molecule has 1 aliphatic heterocycles. The summed E-state index contributed by atoms with van der Waals surface area (Å²) in [5.74, 6) is 0.636. The Bertz CT molecular complexity index is 1060. The second-order valence-electron chi connectivity index (χ2n) is 7.82. The Morgan fingerprint density at radius 2 is 1.66 bits per heavy atom. The van der Waals surface area contributed by atoms with Crippen molar-refractivity contribution < 1.29 is 4.79 Å². The van der Waals surface area contributed by atoms with E-state index in [1.54, 1.807) is 0 Å². The molecule has 0 unspecified atom stereocenters. The van der Waals surface area contributed by atoms with Crippen molar-refractivity contribution >= 4 is 28.6 Å². The molecular weight excluding hydrogens is 364 g/mol. The van der Waals surface area contributed by atoms with Crippen LogP contribution < -0.4 is 10.2 Å². The summed E-state index contributed by atoms with van der Waals surface area (Å²) in [7, 11) is 0. The topological polar surface area (TPSA) is 83.9 Å². The molecule has 3 aromatic rings. The van der Waals surface area contributed by atoms with Gasteiger partial charge in [0.1, 0.15) is 0 Å². The number of benzene rings is 1. The first-order valence-electron chi connectivity index (χ1n) is 10.0. The minimum Gasteiger partial charge on any atom is -0.340 e. The second-order valence-corrected chi connectivity index (χ2v) is 7.82. The van der Waals surface area contributed by atoms with E-state index in [1.165, 1.54) is 0 Å². The highest BCUT2D eigenvalue weighted by atomic mass is 16.1. The van der Waals surface area contributed by atoms with Crippen molar-refractivity contribution in [3.8, 4) is 0 Å². The molecule has 0 spiro atoms. The number of aryl methyl sites for hydroxylation is 4. The zero-order valence-corrected chi connectivity index (χ0v) is 17.4. The van der Waals surface area contributed by atoms with Crippen molar-refractivity contribution in [3.05, 3.63) is 47.0 Å². The van der Waals surface area contributed by atoms with Crippen LogP contribution in [0.2, 0.25) is 0 Å². The lowest BCUT2D eigenvalue weighted by Gasteiger charge is -2.32. The molecular formula is C22H26N6O. The van der Waals surface area contributed by atoms with E-state index in [9.17, 15) is 4.79 Å². The summed E-state index contributed by atoms with van der Waals surface area (Å²) in [6.07, 6.45) is 1.80. The van der Waals surface area contributed by atoms with E-state index in [0.29, 0.717) is 12.5 Å². The summed E-state index contributed by atoms with van der Waals surface area (Å²) in [4.78, 5) is 33.3. The van der Waals surface area contributed by atoms with Gasteiger partial charge in [0.05, 0.1) is 28.3 Å². The highest BCUT2D eigenvalue weighted by Crippen LogP contribution is 2.23. The molecule has 1 saturated heterocycles. The standard InChI is InChI=1S/C22H26N6O/c1-13-10-14(2)24-22(23-13)28-9-5-6-17(12-28)21(29)27-18-7-8-19-20(11-18)26-16(4)15(3)25-19/h7-8,10-11,17H,5-6,9,12H2,1-4H3,(H,27,29)/t17-/m1/s1. The summed E-state index contributed by atoms with van der Waals surface area (Å²) in [5.41, 5.74) is 6.09. The molecule has 4 rings (SSSR count). The zero-order valence-electron chi connectivity index (χ0n) is 17.4. The summed E-state index contributed by atoms with van der Waals surface area (Å²) in [5, 5.41) is 3.06. The van der Waals surface area contributed by atoms with Crippen LogP contribution in [0.15, 0.2) is 24.3 Å². The maximum absolute atomic E-state index is 12.9. The number of carbonyl (C=O) groups is 1. The van der Waals surface area contributed by atoms with Crippen molar-refractivity contribution in [3.63, 3.8) is 0 Å². The Morgan fingerprint density at radius 1 is 0.966 bits per heavy atom. The van der Waals surface area contributed by atoms with Gasteiger partial charge in [-0.25, -0.2) is 19.9 Å². The van der Waals surface area contributed by atoms with Crippen molar-refractivity contribution in [1.29, 1.82) is 0 Å². The quantitative estimate of drug-likeness (QED) is 0.737. The predicted molar refractivity (Wildman–Crippen MR) is 114 cm³/mol. The van der Waals surface area contributed by atoms with E-state index >= 15 is 0 Å². The maximum Gasteiger partial charge on any atom is 0.229 e. The highest BCUT2D eigenvalue weighted by molar-refractivity contribution is 5.94. The van der Waals surface area contributed by atoms with Crippen LogP contribution in [0.1, 0.15) is 35.6 Å². The first kappa shape index (κ1) is 19.2. The molecule has 29 heavy (non-hydrogen) atoms. The molecule has 150 valence electrons. The molecule has 0 aliphatic carbocycles. The number of amides is 1. The number of hydrogen-bond acceptors (Lipinski definition) is 6. The number of rotatable bonds is 3. The van der Waals surface area contributed by atoms with Gasteiger partial charge in [0, 0.05) is 30.2 Å². The summed E-state index contributed by atoms with van der Waals surface area (Å²) >= 11 is 0. The molecule has 1 fully saturated rings. The fraction of sp³-hybridized carbons (Fsp3) is 0.409. The third-order valence-corrected chi connectivity index (χ3v) is 5.39. The van der Waals surface area contributed by atoms with Gasteiger partial charge in [-0.05, 0) is 64.8 Å². The van der Waals surface area contributed by atoms with E-state index in [-0.39, 0.29) is 11.8 Å². The Morgan fingerprint density at radius 3 is 2.38 bits per heavy atom. The fourth-order valence-electron chi connectivity index (χ4n) is 3.77. The summed E-state index contributed by atoms with van der Waals surface area (Å²) in [6, 6.07) is 7.64. The van der Waals surface area contributed by atoms with E-state index in [2.05, 4.69) is 30.2 Å². The largest absolute Gasteiger partial charge is 0.340 e. The Hall–Kier alpha value is -3.09. The lowest BCUT2D eigenvalue weighted by molar-refractivity contribution is -0.120. The van der Waals surface area contributed by atoms with Crippen LogP contribution in [0.5, 0.6) is 0 Å². The molecule has 7 heteroatoms. The highest BCUT2D eigenvalue weighted by Gasteiger charge is 2.27. The second kappa shape index (κ2) is 7.73. The maximum atomic E-state index is 12.9. The van der Waals surface area contributed by atoms with E-state index in [0.717, 1.165) is 58.9 Å². The monoisotopic (exact) mass is 390 g/mol. The van der Waals surface area contributed by atoms with Gasteiger partial charge in [-0.15, -0.1) is 0 Å². The van der Waals surface area contributed by atoms with Gasteiger partial charge in [-0.1, -0.05) is 0 Å². The van der Waals surface area contributed by atoms with Gasteiger partial charge >= 0.3 is 0 Å². The zero-order chi connectivity index (χ0) is 20.5. The van der Waals surface area contributed by atoms with Gasteiger partial charge in [0.25, 0.3) is 0 Å². The molecule has 1 amide bonds. The number of carbonyl (C=O) groups excluding carboxylic acids is 1. The number of aromatic nitrogens is 4. The molecule has 1 aliphatic rings. The number of nitrogens with zero attached hydrogens (tertiary/aromatic N) is 5. The van der Waals surface area contributed by atoms with Crippen LogP contribution in [-0.4, -0.2) is 38.9 Å². The van der Waals surface area contributed by atoms with Gasteiger partial charge < -0.3 is 10.2 Å². The molecule has 2 aromatic heterocycles. The predicted octanol–water partition coefficient (Wildman–Crippen LogP) is 3.51. The number of anilines is 2. The lowest BCUT2D eigenvalue weighted by atomic mass is 9.97. The van der Waals surface area contributed by atoms with Gasteiger partial charge in [-0.2, -0.15) is 0 Å². The van der Waals surface area contributed by atoms with Gasteiger partial charge in [0.15, 0.2) is 0 Å². The van der Waals surface area contributed by atoms with Crippen LogP contribution >= 0.6 is 0 Å². The van der Waals surface area contributed by atoms with Crippen molar-refractivity contribution in [2.24, 2.45) is 5.92 Å². The van der Waals surface area contributed by atoms with E-state index in [1.807, 2.05) is 52.0 Å². The molecule has 3 heterocycles. The molecule has 0 saturated carbocycles. The average Bonchev–Trinajstić information content (AvgIpc) is 2.68. The summed E-state index contributed by atoms with van der Waals surface area (Å²) < 4.78 is 0. The minimum absolute atomic E-state index is 0.0233. The van der Waals surface area contributed by atoms with Crippen LogP contribution in [0.25, 0.3) is 11.0 Å². The number of piperidine rings is 1. The van der Waals surface area contributed by atoms with Crippen LogP contribution in [-0.2, 0) is 4.79 Å². The van der Waals surface area contributed by atoms with Gasteiger partial charge in [-0.3, -0.25) is 4.79 Å². The third-order valence-electron chi connectivity index (χ3n) is 5.39. The Kier molecular flexibility index (Phi) is 5.13. The normalized spacial score (nSPS) is 16.8. The van der Waals surface area contributed by atoms with Crippen LogP contribution in [0.3, 0.4) is 0 Å². The number of hydrogen-bond donors (Lipinski definition) is 1. The third kappa shape index (κ3) is 4.18. The first-order valence-corrected chi connectivity index (χ1v) is 10.0. The van der Waals surface area contributed by atoms with Crippen molar-refractivity contribution in [2.75, 3.05) is 23.3 Å². The molecule has 1 N–H and O–H groups in total. The molecule has 1 atom stereocenters. The SMILES string of the molecule is Cc1cc(C)nc(N2CCC[C@@H](C(=O)Nc3ccc4nc(C)c(C)nc4c3)C2)n1. The number of fused-ring (bicyclic) bond motifs is 1. The average molecular weight is 390 g/mol. The van der Waals surface area contributed by atoms with Crippen LogP contribution in [0.4, 0.5) is 11.6 Å². The molecule has 0 radical (unpaired) electrons. The molecule has 0 bridgehead atoms. The Labute approximate surface area is 170 Å². The smallest absolute Gasteiger partial charge is 0.229 e. The summed E-state index contributed by atoms with van der Waals surface area (Å²) in [6.45, 7) is 9.33. The van der Waals surface area contributed by atoms with Crippen LogP contribution in [0, 0.1) is 33.6 Å². The first-order chi connectivity index (χ1) is 13.9. The van der Waals surface area contributed by atoms with E-state index in [4.69, 9.17) is 0 Å². The Balaban J connectivity index is 1.49. The van der Waals surface area contributed by atoms with Crippen molar-refractivity contribution in [1.82, 2.24) is 19.9 Å². The number of nitrogens with one attached hydrogen (secondary N) is 1. The van der Waals surface area contributed by atoms with Gasteiger partial charge in [0.2, 0.25) is 11.9 Å². The fourth-order valence-corrected chi connectivity index (χ4v) is 3.77. The molecule has 1 aromatic carbocycles.